The summed E-state index contributed by atoms with van der Waals surface area (Å²) < 4.78 is 0. The van der Waals surface area contributed by atoms with Gasteiger partial charge in [-0.25, -0.2) is 0 Å². The average Bonchev–Trinajstić information content (AvgIpc) is 2.15. The van der Waals surface area contributed by atoms with Crippen LogP contribution in [0.3, 0.4) is 0 Å². The predicted octanol–water partition coefficient (Wildman–Crippen LogP) is 1.95. The minimum atomic E-state index is -0.391. The molecule has 1 unspecified atom stereocenters. The molecule has 72 valence electrons. The van der Waals surface area contributed by atoms with Gasteiger partial charge in [0, 0.05) is 11.8 Å². The van der Waals surface area contributed by atoms with E-state index >= 15 is 0 Å². The molecule has 1 atom stereocenters. The Morgan fingerprint density at radius 2 is 2.08 bits per heavy atom. The minimum Gasteiger partial charge on any atom is -0.388 e. The first-order valence-corrected chi connectivity index (χ1v) is 4.65. The summed E-state index contributed by atoms with van der Waals surface area (Å²) in [6.45, 7) is 4.30. The molecule has 13 heavy (non-hydrogen) atoms. The first-order valence-electron chi connectivity index (χ1n) is 4.65. The van der Waals surface area contributed by atoms with Crippen molar-refractivity contribution in [3.05, 3.63) is 24.0 Å². The molecule has 0 aliphatic carbocycles. The Balaban J connectivity index is 2.44. The third-order valence-electron chi connectivity index (χ3n) is 2.01. The molecular weight excluding hydrogens is 164 g/mol. The molecule has 0 radical (unpaired) electrons. The molecule has 0 fully saturated rings. The number of hydrogen-bond acceptors (Lipinski definition) is 3. The lowest BCUT2D eigenvalue weighted by atomic mass is 10.0. The molecule has 0 bridgehead atoms. The smallest absolute Gasteiger partial charge is 0.0806 e. The number of nitrogens with zero attached hydrogens (tertiary/aromatic N) is 2. The van der Waals surface area contributed by atoms with Crippen LogP contribution in [0.15, 0.2) is 18.5 Å². The second kappa shape index (κ2) is 4.92. The van der Waals surface area contributed by atoms with Gasteiger partial charge in [-0.1, -0.05) is 13.8 Å². The van der Waals surface area contributed by atoms with Gasteiger partial charge >= 0.3 is 0 Å². The summed E-state index contributed by atoms with van der Waals surface area (Å²) in [4.78, 5) is 0. The van der Waals surface area contributed by atoms with Crippen molar-refractivity contribution in [1.82, 2.24) is 10.2 Å². The van der Waals surface area contributed by atoms with E-state index in [2.05, 4.69) is 24.0 Å². The quantitative estimate of drug-likeness (QED) is 0.770. The molecule has 1 N–H and O–H groups in total. The van der Waals surface area contributed by atoms with Crippen LogP contribution in [0.25, 0.3) is 0 Å². The summed E-state index contributed by atoms with van der Waals surface area (Å²) in [6.07, 6.45) is 4.66. The predicted molar refractivity (Wildman–Crippen MR) is 51.1 cm³/mol. The average molecular weight is 180 g/mol. The number of aliphatic hydroxyl groups excluding tert-OH is 1. The maximum atomic E-state index is 9.70. The molecule has 3 heteroatoms. The SMILES string of the molecule is CC(C)CCC(O)c1ccnnc1. The topological polar surface area (TPSA) is 46.0 Å². The fraction of sp³-hybridized carbons (Fsp3) is 0.600. The highest BCUT2D eigenvalue weighted by atomic mass is 16.3. The molecule has 1 heterocycles. The van der Waals surface area contributed by atoms with Gasteiger partial charge in [0.25, 0.3) is 0 Å². The summed E-state index contributed by atoms with van der Waals surface area (Å²) in [6, 6.07) is 1.80. The van der Waals surface area contributed by atoms with Gasteiger partial charge < -0.3 is 5.11 Å². The van der Waals surface area contributed by atoms with Gasteiger partial charge in [-0.3, -0.25) is 0 Å². The lowest BCUT2D eigenvalue weighted by molar-refractivity contribution is 0.158. The highest BCUT2D eigenvalue weighted by molar-refractivity contribution is 5.08. The highest BCUT2D eigenvalue weighted by Crippen LogP contribution is 2.18. The van der Waals surface area contributed by atoms with E-state index in [0.717, 1.165) is 18.4 Å². The maximum Gasteiger partial charge on any atom is 0.0806 e. The molecule has 0 saturated carbocycles. The Bertz CT molecular complexity index is 236. The van der Waals surface area contributed by atoms with Gasteiger partial charge in [0.2, 0.25) is 0 Å². The highest BCUT2D eigenvalue weighted by Gasteiger charge is 2.07. The van der Waals surface area contributed by atoms with Crippen LogP contribution < -0.4 is 0 Å². The normalized spacial score (nSPS) is 13.2. The number of aliphatic hydroxyl groups is 1. The molecule has 1 aromatic rings. The molecule has 0 aliphatic rings. The molecule has 1 aromatic heterocycles. The fourth-order valence-corrected chi connectivity index (χ4v) is 1.16. The molecule has 0 aliphatic heterocycles. The van der Waals surface area contributed by atoms with Crippen LogP contribution in [0.2, 0.25) is 0 Å². The Morgan fingerprint density at radius 3 is 2.62 bits per heavy atom. The molecule has 0 saturated heterocycles. The zero-order valence-corrected chi connectivity index (χ0v) is 8.14. The van der Waals surface area contributed by atoms with Gasteiger partial charge in [0.1, 0.15) is 0 Å². The van der Waals surface area contributed by atoms with Gasteiger partial charge in [-0.05, 0) is 24.8 Å². The third kappa shape index (κ3) is 3.51. The van der Waals surface area contributed by atoms with Gasteiger partial charge in [0.05, 0.1) is 12.3 Å². The Morgan fingerprint density at radius 1 is 1.31 bits per heavy atom. The first-order chi connectivity index (χ1) is 6.20. The van der Waals surface area contributed by atoms with E-state index in [1.165, 1.54) is 0 Å². The van der Waals surface area contributed by atoms with Crippen LogP contribution in [-0.4, -0.2) is 15.3 Å². The van der Waals surface area contributed by atoms with Crippen molar-refractivity contribution in [1.29, 1.82) is 0 Å². The van der Waals surface area contributed by atoms with E-state index in [9.17, 15) is 5.11 Å². The minimum absolute atomic E-state index is 0.391. The summed E-state index contributed by atoms with van der Waals surface area (Å²) in [7, 11) is 0. The zero-order valence-electron chi connectivity index (χ0n) is 8.14. The Hall–Kier alpha value is -0.960. The van der Waals surface area contributed by atoms with E-state index in [-0.39, 0.29) is 0 Å². The van der Waals surface area contributed by atoms with Gasteiger partial charge in [0.15, 0.2) is 0 Å². The molecule has 0 amide bonds. The van der Waals surface area contributed by atoms with Crippen LogP contribution >= 0.6 is 0 Å². The van der Waals surface area contributed by atoms with Gasteiger partial charge in [-0.15, -0.1) is 0 Å². The summed E-state index contributed by atoms with van der Waals surface area (Å²) in [5.74, 6) is 0.629. The van der Waals surface area contributed by atoms with Crippen LogP contribution in [0.5, 0.6) is 0 Å². The monoisotopic (exact) mass is 180 g/mol. The Labute approximate surface area is 78.8 Å². The maximum absolute atomic E-state index is 9.70. The number of rotatable bonds is 4. The van der Waals surface area contributed by atoms with Crippen LogP contribution in [0, 0.1) is 5.92 Å². The summed E-state index contributed by atoms with van der Waals surface area (Å²) >= 11 is 0. The van der Waals surface area contributed by atoms with Crippen molar-refractivity contribution in [2.45, 2.75) is 32.8 Å². The molecule has 1 rings (SSSR count). The van der Waals surface area contributed by atoms with Crippen LogP contribution in [0.1, 0.15) is 38.4 Å². The third-order valence-corrected chi connectivity index (χ3v) is 2.01. The zero-order chi connectivity index (χ0) is 9.68. The lowest BCUT2D eigenvalue weighted by Crippen LogP contribution is -2.00. The molecular formula is C10H16N2O. The van der Waals surface area contributed by atoms with Crippen LogP contribution in [0.4, 0.5) is 0 Å². The lowest BCUT2D eigenvalue weighted by Gasteiger charge is -2.11. The molecule has 3 nitrogen and oxygen atoms in total. The Kier molecular flexibility index (Phi) is 3.83. The second-order valence-electron chi connectivity index (χ2n) is 3.66. The molecule has 0 aromatic carbocycles. The fourth-order valence-electron chi connectivity index (χ4n) is 1.16. The summed E-state index contributed by atoms with van der Waals surface area (Å²) in [5.41, 5.74) is 0.857. The van der Waals surface area contributed by atoms with E-state index < -0.39 is 6.10 Å². The van der Waals surface area contributed by atoms with Crippen molar-refractivity contribution in [3.8, 4) is 0 Å². The van der Waals surface area contributed by atoms with Crippen molar-refractivity contribution in [2.75, 3.05) is 0 Å². The number of aromatic nitrogens is 2. The van der Waals surface area contributed by atoms with E-state index in [1.807, 2.05) is 0 Å². The van der Waals surface area contributed by atoms with Crippen molar-refractivity contribution in [3.63, 3.8) is 0 Å². The standard InChI is InChI=1S/C10H16N2O/c1-8(2)3-4-10(13)9-5-6-11-12-7-9/h5-8,10,13H,3-4H2,1-2H3. The van der Waals surface area contributed by atoms with E-state index in [4.69, 9.17) is 0 Å². The summed E-state index contributed by atoms with van der Waals surface area (Å²) in [5, 5.41) is 17.1. The largest absolute Gasteiger partial charge is 0.388 e. The van der Waals surface area contributed by atoms with Crippen molar-refractivity contribution >= 4 is 0 Å². The second-order valence-corrected chi connectivity index (χ2v) is 3.66. The molecule has 0 spiro atoms. The van der Waals surface area contributed by atoms with Gasteiger partial charge in [-0.2, -0.15) is 10.2 Å². The van der Waals surface area contributed by atoms with E-state index in [1.54, 1.807) is 18.5 Å². The number of hydrogen-bond donors (Lipinski definition) is 1. The van der Waals surface area contributed by atoms with E-state index in [0.29, 0.717) is 5.92 Å². The van der Waals surface area contributed by atoms with Crippen LogP contribution in [-0.2, 0) is 0 Å². The van der Waals surface area contributed by atoms with Crippen molar-refractivity contribution in [2.24, 2.45) is 5.92 Å². The van der Waals surface area contributed by atoms with Crippen molar-refractivity contribution < 1.29 is 5.11 Å². The first kappa shape index (κ1) is 10.1.